The van der Waals surface area contributed by atoms with Crippen LogP contribution >= 0.6 is 0 Å². The van der Waals surface area contributed by atoms with Crippen molar-refractivity contribution in [2.75, 3.05) is 7.11 Å². The molecule has 0 heterocycles. The highest BCUT2D eigenvalue weighted by Crippen LogP contribution is 2.14. The molecule has 0 spiro atoms. The minimum atomic E-state index is -0.771. The number of carbonyl (C=O) groups excluding carboxylic acids is 1. The summed E-state index contributed by atoms with van der Waals surface area (Å²) >= 11 is 0. The molecule has 0 saturated carbocycles. The minimum absolute atomic E-state index is 0.0430. The molecular weight excluding hydrogens is 194 g/mol. The Hall–Kier alpha value is -0.610. The first-order valence-electron chi connectivity index (χ1n) is 5.40. The van der Waals surface area contributed by atoms with Crippen molar-refractivity contribution in [1.29, 1.82) is 0 Å². The fraction of sp³-hybridized carbons (Fsp3) is 0.909. The second-order valence-corrected chi connectivity index (χ2v) is 4.25. The summed E-state index contributed by atoms with van der Waals surface area (Å²) in [5, 5.41) is 12.0. The Kier molecular flexibility index (Phi) is 5.83. The van der Waals surface area contributed by atoms with Crippen LogP contribution in [-0.4, -0.2) is 35.9 Å². The third-order valence-electron chi connectivity index (χ3n) is 2.68. The molecule has 4 nitrogen and oxygen atoms in total. The van der Waals surface area contributed by atoms with Crippen molar-refractivity contribution in [2.45, 2.75) is 58.3 Å². The van der Waals surface area contributed by atoms with E-state index in [9.17, 15) is 9.90 Å². The van der Waals surface area contributed by atoms with Crippen LogP contribution in [0.4, 0.5) is 0 Å². The predicted octanol–water partition coefficient (Wildman–Crippen LogP) is 1.08. The minimum Gasteiger partial charge on any atom is -0.393 e. The van der Waals surface area contributed by atoms with Crippen LogP contribution in [0.1, 0.15) is 40.5 Å². The van der Waals surface area contributed by atoms with Gasteiger partial charge >= 0.3 is 0 Å². The third-order valence-corrected chi connectivity index (χ3v) is 2.68. The molecule has 0 aromatic heterocycles. The number of hydrogen-bond acceptors (Lipinski definition) is 3. The number of methoxy groups -OCH3 is 1. The van der Waals surface area contributed by atoms with Gasteiger partial charge in [0.2, 0.25) is 0 Å². The number of nitrogens with one attached hydrogen (secondary N) is 1. The van der Waals surface area contributed by atoms with Gasteiger partial charge in [0.15, 0.2) is 0 Å². The van der Waals surface area contributed by atoms with Gasteiger partial charge in [0.25, 0.3) is 5.91 Å². The maximum Gasteiger partial charge on any atom is 0.252 e. The van der Waals surface area contributed by atoms with Crippen LogP contribution in [0, 0.1) is 0 Å². The van der Waals surface area contributed by atoms with Crippen molar-refractivity contribution >= 4 is 5.91 Å². The van der Waals surface area contributed by atoms with Gasteiger partial charge in [-0.3, -0.25) is 4.79 Å². The van der Waals surface area contributed by atoms with Gasteiger partial charge in [-0.15, -0.1) is 0 Å². The Bertz CT molecular complexity index is 200. The van der Waals surface area contributed by atoms with Crippen molar-refractivity contribution in [2.24, 2.45) is 0 Å². The van der Waals surface area contributed by atoms with Gasteiger partial charge in [-0.05, 0) is 33.6 Å². The quantitative estimate of drug-likeness (QED) is 0.700. The lowest BCUT2D eigenvalue weighted by molar-refractivity contribution is -0.142. The summed E-state index contributed by atoms with van der Waals surface area (Å²) in [5.74, 6) is -0.124. The van der Waals surface area contributed by atoms with Crippen LogP contribution in [0.15, 0.2) is 0 Å². The summed E-state index contributed by atoms with van der Waals surface area (Å²) in [6.07, 6.45) is 0.766. The highest BCUT2D eigenvalue weighted by Gasteiger charge is 2.31. The molecular formula is C11H23NO3. The van der Waals surface area contributed by atoms with Gasteiger partial charge in [0.05, 0.1) is 6.10 Å². The number of hydrogen-bond donors (Lipinski definition) is 2. The first-order valence-corrected chi connectivity index (χ1v) is 5.40. The van der Waals surface area contributed by atoms with E-state index in [-0.39, 0.29) is 11.9 Å². The molecule has 2 N–H and O–H groups in total. The van der Waals surface area contributed by atoms with Crippen molar-refractivity contribution in [3.05, 3.63) is 0 Å². The topological polar surface area (TPSA) is 58.6 Å². The molecule has 90 valence electrons. The van der Waals surface area contributed by atoms with E-state index in [0.717, 1.165) is 0 Å². The predicted molar refractivity (Wildman–Crippen MR) is 59.6 cm³/mol. The summed E-state index contributed by atoms with van der Waals surface area (Å²) < 4.78 is 5.18. The molecule has 0 aliphatic rings. The van der Waals surface area contributed by atoms with E-state index in [0.29, 0.717) is 12.8 Å². The SMILES string of the molecule is CCC(C)(OC)C(=O)NC(C)CC(C)O. The lowest BCUT2D eigenvalue weighted by Crippen LogP contribution is -2.49. The van der Waals surface area contributed by atoms with Crippen LogP contribution in [0.5, 0.6) is 0 Å². The second kappa shape index (κ2) is 6.08. The second-order valence-electron chi connectivity index (χ2n) is 4.25. The third kappa shape index (κ3) is 4.62. The molecule has 1 amide bonds. The number of ether oxygens (including phenoxy) is 1. The zero-order valence-electron chi connectivity index (χ0n) is 10.3. The van der Waals surface area contributed by atoms with Gasteiger partial charge < -0.3 is 15.2 Å². The van der Waals surface area contributed by atoms with Crippen LogP contribution in [0.3, 0.4) is 0 Å². The molecule has 0 fully saturated rings. The van der Waals surface area contributed by atoms with E-state index in [1.807, 2.05) is 13.8 Å². The van der Waals surface area contributed by atoms with Crippen LogP contribution in [-0.2, 0) is 9.53 Å². The van der Waals surface area contributed by atoms with E-state index < -0.39 is 11.7 Å². The largest absolute Gasteiger partial charge is 0.393 e. The average Bonchev–Trinajstić information content (AvgIpc) is 2.15. The van der Waals surface area contributed by atoms with Crippen LogP contribution in [0.25, 0.3) is 0 Å². The van der Waals surface area contributed by atoms with Gasteiger partial charge in [-0.1, -0.05) is 6.92 Å². The molecule has 0 radical (unpaired) electrons. The standard InChI is InChI=1S/C11H23NO3/c1-6-11(4,15-5)10(14)12-8(2)7-9(3)13/h8-9,13H,6-7H2,1-5H3,(H,12,14). The lowest BCUT2D eigenvalue weighted by atomic mass is 10.0. The maximum atomic E-state index is 11.8. The number of aliphatic hydroxyl groups excluding tert-OH is 1. The fourth-order valence-electron chi connectivity index (χ4n) is 1.34. The van der Waals surface area contributed by atoms with Crippen LogP contribution in [0.2, 0.25) is 0 Å². The Morgan fingerprint density at radius 1 is 1.53 bits per heavy atom. The molecule has 0 aliphatic heterocycles. The normalized spacial score (nSPS) is 19.1. The summed E-state index contributed by atoms with van der Waals surface area (Å²) in [6, 6.07) is -0.0430. The number of rotatable bonds is 6. The van der Waals surface area contributed by atoms with E-state index in [1.165, 1.54) is 7.11 Å². The van der Waals surface area contributed by atoms with E-state index in [4.69, 9.17) is 4.74 Å². The van der Waals surface area contributed by atoms with Crippen molar-refractivity contribution in [3.8, 4) is 0 Å². The molecule has 3 unspecified atom stereocenters. The Morgan fingerprint density at radius 3 is 2.40 bits per heavy atom. The number of amides is 1. The summed E-state index contributed by atoms with van der Waals surface area (Å²) in [5.41, 5.74) is -0.771. The molecule has 0 rings (SSSR count). The lowest BCUT2D eigenvalue weighted by Gasteiger charge is -2.27. The molecule has 0 aromatic carbocycles. The van der Waals surface area contributed by atoms with Crippen molar-refractivity contribution in [3.63, 3.8) is 0 Å². The number of carbonyl (C=O) groups is 1. The molecule has 0 aromatic rings. The molecule has 0 bridgehead atoms. The molecule has 0 saturated heterocycles. The Labute approximate surface area is 92.0 Å². The number of aliphatic hydroxyl groups is 1. The highest BCUT2D eigenvalue weighted by atomic mass is 16.5. The Balaban J connectivity index is 4.23. The van der Waals surface area contributed by atoms with E-state index in [1.54, 1.807) is 13.8 Å². The zero-order valence-corrected chi connectivity index (χ0v) is 10.3. The van der Waals surface area contributed by atoms with Gasteiger partial charge in [-0.25, -0.2) is 0 Å². The van der Waals surface area contributed by atoms with Gasteiger partial charge in [-0.2, -0.15) is 0 Å². The summed E-state index contributed by atoms with van der Waals surface area (Å²) in [4.78, 5) is 11.8. The molecule has 4 heteroatoms. The fourth-order valence-corrected chi connectivity index (χ4v) is 1.34. The van der Waals surface area contributed by atoms with Crippen LogP contribution < -0.4 is 5.32 Å². The average molecular weight is 217 g/mol. The zero-order chi connectivity index (χ0) is 12.1. The maximum absolute atomic E-state index is 11.8. The highest BCUT2D eigenvalue weighted by molar-refractivity contribution is 5.84. The van der Waals surface area contributed by atoms with Gasteiger partial charge in [0.1, 0.15) is 5.60 Å². The summed E-state index contributed by atoms with van der Waals surface area (Å²) in [7, 11) is 1.53. The molecule has 15 heavy (non-hydrogen) atoms. The van der Waals surface area contributed by atoms with E-state index in [2.05, 4.69) is 5.32 Å². The monoisotopic (exact) mass is 217 g/mol. The first kappa shape index (κ1) is 14.4. The summed E-state index contributed by atoms with van der Waals surface area (Å²) in [6.45, 7) is 7.24. The van der Waals surface area contributed by atoms with Crippen molar-refractivity contribution in [1.82, 2.24) is 5.32 Å². The Morgan fingerprint density at radius 2 is 2.07 bits per heavy atom. The first-order chi connectivity index (χ1) is 6.85. The van der Waals surface area contributed by atoms with E-state index >= 15 is 0 Å². The molecule has 0 aliphatic carbocycles. The smallest absolute Gasteiger partial charge is 0.252 e. The van der Waals surface area contributed by atoms with Gasteiger partial charge in [0, 0.05) is 13.2 Å². The van der Waals surface area contributed by atoms with Crippen molar-refractivity contribution < 1.29 is 14.6 Å². The molecule has 3 atom stereocenters.